The molecule has 1 heterocycles. The number of fused-ring (bicyclic) bond motifs is 1. The van der Waals surface area contributed by atoms with Crippen molar-refractivity contribution in [3.63, 3.8) is 0 Å². The lowest BCUT2D eigenvalue weighted by atomic mass is 10.1. The molecule has 0 bridgehead atoms. The molecule has 1 aliphatic heterocycles. The molecule has 140 valence electrons. The summed E-state index contributed by atoms with van der Waals surface area (Å²) < 4.78 is 15.5. The van der Waals surface area contributed by atoms with Crippen LogP contribution in [0.4, 0.5) is 5.69 Å². The van der Waals surface area contributed by atoms with E-state index in [2.05, 4.69) is 4.74 Å². The summed E-state index contributed by atoms with van der Waals surface area (Å²) in [5.74, 6) is -0.593. The standard InChI is InChI=1S/C20H19NO6/c1-25-20(24)15-8-6-14(7-9-15)13-27-19(23)12-21-16-4-2-3-5-17(16)26-11-10-18(21)22/h2-9H,10-13H2,1H3. The van der Waals surface area contributed by atoms with E-state index in [9.17, 15) is 14.4 Å². The van der Waals surface area contributed by atoms with Gasteiger partial charge in [0.15, 0.2) is 0 Å². The Morgan fingerprint density at radius 2 is 1.85 bits per heavy atom. The summed E-state index contributed by atoms with van der Waals surface area (Å²) in [6, 6.07) is 13.6. The first-order valence-electron chi connectivity index (χ1n) is 8.43. The number of nitrogens with zero attached hydrogens (tertiary/aromatic N) is 1. The molecule has 0 saturated carbocycles. The van der Waals surface area contributed by atoms with Gasteiger partial charge in [-0.2, -0.15) is 0 Å². The second kappa shape index (κ2) is 8.35. The fourth-order valence-electron chi connectivity index (χ4n) is 2.69. The number of carbonyl (C=O) groups excluding carboxylic acids is 3. The number of carbonyl (C=O) groups is 3. The Bertz CT molecular complexity index is 846. The van der Waals surface area contributed by atoms with E-state index >= 15 is 0 Å². The third-order valence-corrected chi connectivity index (χ3v) is 4.09. The van der Waals surface area contributed by atoms with Gasteiger partial charge in [-0.3, -0.25) is 14.5 Å². The minimum atomic E-state index is -0.530. The molecule has 0 fully saturated rings. The zero-order valence-corrected chi connectivity index (χ0v) is 14.8. The van der Waals surface area contributed by atoms with E-state index in [0.29, 0.717) is 17.0 Å². The van der Waals surface area contributed by atoms with Crippen LogP contribution in [0.25, 0.3) is 0 Å². The van der Waals surface area contributed by atoms with Crippen LogP contribution in [0, 0.1) is 0 Å². The molecule has 0 radical (unpaired) electrons. The highest BCUT2D eigenvalue weighted by molar-refractivity contribution is 5.99. The Kier molecular flexibility index (Phi) is 5.71. The molecule has 0 spiro atoms. The molecule has 1 aliphatic rings. The summed E-state index contributed by atoms with van der Waals surface area (Å²) in [5.41, 5.74) is 1.70. The van der Waals surface area contributed by atoms with Crippen LogP contribution in [0.1, 0.15) is 22.3 Å². The molecule has 3 rings (SSSR count). The zero-order valence-electron chi connectivity index (χ0n) is 14.8. The van der Waals surface area contributed by atoms with Crippen LogP contribution in [0.15, 0.2) is 48.5 Å². The number of methoxy groups -OCH3 is 1. The Morgan fingerprint density at radius 3 is 2.59 bits per heavy atom. The Balaban J connectivity index is 1.62. The van der Waals surface area contributed by atoms with Gasteiger partial charge in [-0.25, -0.2) is 4.79 Å². The number of rotatable bonds is 5. The first kappa shape index (κ1) is 18.4. The third kappa shape index (κ3) is 4.44. The highest BCUT2D eigenvalue weighted by Crippen LogP contribution is 2.30. The fourth-order valence-corrected chi connectivity index (χ4v) is 2.69. The van der Waals surface area contributed by atoms with Gasteiger partial charge in [0.1, 0.15) is 18.9 Å². The molecule has 7 heteroatoms. The number of hydrogen-bond donors (Lipinski definition) is 0. The molecule has 0 aromatic heterocycles. The van der Waals surface area contributed by atoms with Crippen LogP contribution in [0.3, 0.4) is 0 Å². The topological polar surface area (TPSA) is 82.1 Å². The third-order valence-electron chi connectivity index (χ3n) is 4.09. The molecule has 2 aromatic rings. The molecule has 0 atom stereocenters. The number of para-hydroxylation sites is 2. The predicted molar refractivity (Wildman–Crippen MR) is 96.5 cm³/mol. The zero-order chi connectivity index (χ0) is 19.2. The molecule has 27 heavy (non-hydrogen) atoms. The second-order valence-corrected chi connectivity index (χ2v) is 5.90. The molecule has 2 aromatic carbocycles. The number of benzene rings is 2. The maximum absolute atomic E-state index is 12.3. The smallest absolute Gasteiger partial charge is 0.337 e. The summed E-state index contributed by atoms with van der Waals surface area (Å²) in [5, 5.41) is 0. The van der Waals surface area contributed by atoms with Crippen molar-refractivity contribution in [2.45, 2.75) is 13.0 Å². The van der Waals surface area contributed by atoms with Crippen LogP contribution in [-0.4, -0.2) is 38.1 Å². The van der Waals surface area contributed by atoms with Crippen LogP contribution in [0.2, 0.25) is 0 Å². The molecule has 0 aliphatic carbocycles. The molecule has 1 amide bonds. The average molecular weight is 369 g/mol. The summed E-state index contributed by atoms with van der Waals surface area (Å²) in [6.07, 6.45) is 0.191. The van der Waals surface area contributed by atoms with E-state index in [1.165, 1.54) is 12.0 Å². The van der Waals surface area contributed by atoms with Crippen LogP contribution in [0.5, 0.6) is 5.75 Å². The maximum atomic E-state index is 12.3. The molecule has 7 nitrogen and oxygen atoms in total. The number of ether oxygens (including phenoxy) is 3. The monoisotopic (exact) mass is 369 g/mol. The molecule has 0 N–H and O–H groups in total. The van der Waals surface area contributed by atoms with Gasteiger partial charge in [-0.15, -0.1) is 0 Å². The highest BCUT2D eigenvalue weighted by atomic mass is 16.5. The van der Waals surface area contributed by atoms with Crippen molar-refractivity contribution in [1.82, 2.24) is 0 Å². The van der Waals surface area contributed by atoms with Crippen molar-refractivity contribution in [2.75, 3.05) is 25.2 Å². The van der Waals surface area contributed by atoms with Crippen molar-refractivity contribution >= 4 is 23.5 Å². The first-order valence-corrected chi connectivity index (χ1v) is 8.43. The predicted octanol–water partition coefficient (Wildman–Crippen LogP) is 2.33. The van der Waals surface area contributed by atoms with Gasteiger partial charge in [0.05, 0.1) is 31.4 Å². The van der Waals surface area contributed by atoms with Gasteiger partial charge in [-0.1, -0.05) is 24.3 Å². The Morgan fingerprint density at radius 1 is 1.11 bits per heavy atom. The quantitative estimate of drug-likeness (QED) is 0.753. The minimum absolute atomic E-state index is 0.0421. The van der Waals surface area contributed by atoms with E-state index < -0.39 is 11.9 Å². The van der Waals surface area contributed by atoms with Crippen molar-refractivity contribution in [1.29, 1.82) is 0 Å². The van der Waals surface area contributed by atoms with E-state index in [1.54, 1.807) is 42.5 Å². The molecule has 0 saturated heterocycles. The summed E-state index contributed by atoms with van der Waals surface area (Å²) in [4.78, 5) is 37.4. The highest BCUT2D eigenvalue weighted by Gasteiger charge is 2.25. The largest absolute Gasteiger partial charge is 0.491 e. The van der Waals surface area contributed by atoms with Gasteiger partial charge in [0.25, 0.3) is 0 Å². The average Bonchev–Trinajstić information content (AvgIpc) is 2.85. The first-order chi connectivity index (χ1) is 13.1. The number of amides is 1. The summed E-state index contributed by atoms with van der Waals surface area (Å²) in [6.45, 7) is 0.119. The van der Waals surface area contributed by atoms with Crippen LogP contribution in [-0.2, 0) is 25.7 Å². The Labute approximate surface area is 156 Å². The number of hydrogen-bond acceptors (Lipinski definition) is 6. The molecular formula is C20H19NO6. The lowest BCUT2D eigenvalue weighted by Crippen LogP contribution is -2.36. The van der Waals surface area contributed by atoms with Crippen molar-refractivity contribution < 1.29 is 28.6 Å². The minimum Gasteiger partial charge on any atom is -0.491 e. The van der Waals surface area contributed by atoms with Crippen molar-refractivity contribution in [3.05, 3.63) is 59.7 Å². The van der Waals surface area contributed by atoms with Crippen LogP contribution >= 0.6 is 0 Å². The lowest BCUT2D eigenvalue weighted by molar-refractivity contribution is -0.144. The van der Waals surface area contributed by atoms with Crippen LogP contribution < -0.4 is 9.64 Å². The van der Waals surface area contributed by atoms with E-state index in [-0.39, 0.29) is 32.1 Å². The Hall–Kier alpha value is -3.35. The van der Waals surface area contributed by atoms with Gasteiger partial charge in [0, 0.05) is 0 Å². The molecular weight excluding hydrogens is 350 g/mol. The number of anilines is 1. The summed E-state index contributed by atoms with van der Waals surface area (Å²) in [7, 11) is 1.31. The normalized spacial score (nSPS) is 13.2. The van der Waals surface area contributed by atoms with Gasteiger partial charge < -0.3 is 14.2 Å². The molecule has 0 unspecified atom stereocenters. The van der Waals surface area contributed by atoms with E-state index in [1.807, 2.05) is 6.07 Å². The SMILES string of the molecule is COC(=O)c1ccc(COC(=O)CN2C(=O)CCOc3ccccc32)cc1. The van der Waals surface area contributed by atoms with Crippen molar-refractivity contribution in [3.8, 4) is 5.75 Å². The maximum Gasteiger partial charge on any atom is 0.337 e. The lowest BCUT2D eigenvalue weighted by Gasteiger charge is -2.20. The van der Waals surface area contributed by atoms with Crippen molar-refractivity contribution in [2.24, 2.45) is 0 Å². The second-order valence-electron chi connectivity index (χ2n) is 5.90. The van der Waals surface area contributed by atoms with Gasteiger partial charge in [0.2, 0.25) is 5.91 Å². The number of esters is 2. The van der Waals surface area contributed by atoms with E-state index in [0.717, 1.165) is 5.56 Å². The van der Waals surface area contributed by atoms with Gasteiger partial charge in [-0.05, 0) is 29.8 Å². The fraction of sp³-hybridized carbons (Fsp3) is 0.250. The summed E-state index contributed by atoms with van der Waals surface area (Å²) >= 11 is 0. The van der Waals surface area contributed by atoms with Gasteiger partial charge >= 0.3 is 11.9 Å². The van der Waals surface area contributed by atoms with E-state index in [4.69, 9.17) is 9.47 Å².